The molecule has 0 unspecified atom stereocenters. The second kappa shape index (κ2) is 8.34. The van der Waals surface area contributed by atoms with Crippen molar-refractivity contribution < 1.29 is 0 Å². The van der Waals surface area contributed by atoms with Crippen LogP contribution in [0.25, 0.3) is 49.7 Å². The van der Waals surface area contributed by atoms with Gasteiger partial charge in [0, 0.05) is 27.6 Å². The minimum atomic E-state index is 0.490. The molecular weight excluding hydrogens is 426 g/mol. The van der Waals surface area contributed by atoms with Gasteiger partial charge in [0.2, 0.25) is 0 Å². The molecule has 162 valence electrons. The highest BCUT2D eigenvalue weighted by Crippen LogP contribution is 2.43. The molecule has 3 nitrogen and oxygen atoms in total. The lowest BCUT2D eigenvalue weighted by atomic mass is 9.93. The van der Waals surface area contributed by atoms with E-state index in [1.165, 1.54) is 0 Å². The van der Waals surface area contributed by atoms with Crippen molar-refractivity contribution in [3.63, 3.8) is 0 Å². The maximum absolute atomic E-state index is 9.92. The molecule has 0 amide bonds. The summed E-state index contributed by atoms with van der Waals surface area (Å²) in [5, 5.41) is 22.1. The van der Waals surface area contributed by atoms with Crippen LogP contribution in [-0.4, -0.2) is 4.57 Å². The summed E-state index contributed by atoms with van der Waals surface area (Å²) in [4.78, 5) is 0. The second-order valence-corrected chi connectivity index (χ2v) is 8.39. The van der Waals surface area contributed by atoms with Crippen molar-refractivity contribution in [3.8, 4) is 40.1 Å². The number of para-hydroxylation sites is 2. The molecule has 35 heavy (non-hydrogen) atoms. The number of hydrogen-bond donors (Lipinski definition) is 0. The molecule has 1 heterocycles. The van der Waals surface area contributed by atoms with Crippen LogP contribution in [0.5, 0.6) is 0 Å². The summed E-state index contributed by atoms with van der Waals surface area (Å²) in [5.41, 5.74) is 7.90. The fourth-order valence-electron chi connectivity index (χ4n) is 5.05. The van der Waals surface area contributed by atoms with Crippen LogP contribution in [-0.2, 0) is 0 Å². The summed E-state index contributed by atoms with van der Waals surface area (Å²) < 4.78 is 2.25. The maximum Gasteiger partial charge on any atom is 0.0998 e. The van der Waals surface area contributed by atoms with Crippen molar-refractivity contribution in [2.45, 2.75) is 0 Å². The number of aromatic nitrogens is 1. The van der Waals surface area contributed by atoms with Gasteiger partial charge >= 0.3 is 0 Å². The Balaban J connectivity index is 1.85. The summed E-state index contributed by atoms with van der Waals surface area (Å²) in [7, 11) is 0. The standard InChI is InChI=1S/C32H19N3/c33-20-23-12-7-13-24(21-34)30(23)27-17-8-18-28-31-26(22-10-3-1-4-11-22)16-9-19-29(31)35(32(27)28)25-14-5-2-6-15-25/h1-19H. The van der Waals surface area contributed by atoms with E-state index in [9.17, 15) is 10.5 Å². The first-order valence-corrected chi connectivity index (χ1v) is 11.4. The molecule has 6 rings (SSSR count). The first-order valence-electron chi connectivity index (χ1n) is 11.4. The number of fused-ring (bicyclic) bond motifs is 3. The van der Waals surface area contributed by atoms with Gasteiger partial charge in [0.15, 0.2) is 0 Å². The van der Waals surface area contributed by atoms with E-state index < -0.39 is 0 Å². The van der Waals surface area contributed by atoms with Gasteiger partial charge in [0.1, 0.15) is 0 Å². The van der Waals surface area contributed by atoms with E-state index in [2.05, 4.69) is 77.4 Å². The van der Waals surface area contributed by atoms with Gasteiger partial charge in [-0.1, -0.05) is 84.9 Å². The Kier molecular flexibility index (Phi) is 4.88. The number of nitrogens with zero attached hydrogens (tertiary/aromatic N) is 3. The molecule has 0 saturated carbocycles. The molecular formula is C32H19N3. The van der Waals surface area contributed by atoms with E-state index in [0.717, 1.165) is 44.2 Å². The van der Waals surface area contributed by atoms with Gasteiger partial charge in [-0.05, 0) is 41.5 Å². The minimum Gasteiger partial charge on any atom is -0.309 e. The van der Waals surface area contributed by atoms with E-state index in [1.54, 1.807) is 18.2 Å². The molecule has 0 saturated heterocycles. The monoisotopic (exact) mass is 445 g/mol. The Bertz CT molecular complexity index is 1770. The van der Waals surface area contributed by atoms with Gasteiger partial charge in [0.05, 0.1) is 34.3 Å². The summed E-state index contributed by atoms with van der Waals surface area (Å²) >= 11 is 0. The summed E-state index contributed by atoms with van der Waals surface area (Å²) in [6.07, 6.45) is 0. The second-order valence-electron chi connectivity index (χ2n) is 8.39. The molecule has 1 aromatic heterocycles. The van der Waals surface area contributed by atoms with Crippen molar-refractivity contribution in [2.75, 3.05) is 0 Å². The van der Waals surface area contributed by atoms with Crippen molar-refractivity contribution in [2.24, 2.45) is 0 Å². The van der Waals surface area contributed by atoms with Gasteiger partial charge in [-0.15, -0.1) is 0 Å². The van der Waals surface area contributed by atoms with Gasteiger partial charge in [-0.2, -0.15) is 10.5 Å². The third-order valence-corrected chi connectivity index (χ3v) is 6.49. The van der Waals surface area contributed by atoms with Crippen LogP contribution in [0.15, 0.2) is 115 Å². The lowest BCUT2D eigenvalue weighted by Gasteiger charge is -2.13. The van der Waals surface area contributed by atoms with Gasteiger partial charge in [-0.3, -0.25) is 0 Å². The van der Waals surface area contributed by atoms with Crippen LogP contribution in [0.3, 0.4) is 0 Å². The van der Waals surface area contributed by atoms with Crippen LogP contribution in [0.1, 0.15) is 11.1 Å². The molecule has 3 heteroatoms. The molecule has 0 aliphatic heterocycles. The first-order chi connectivity index (χ1) is 17.3. The Hall–Kier alpha value is -5.12. The van der Waals surface area contributed by atoms with Crippen molar-refractivity contribution in [3.05, 3.63) is 126 Å². The smallest absolute Gasteiger partial charge is 0.0998 e. The molecule has 0 atom stereocenters. The molecule has 0 N–H and O–H groups in total. The van der Waals surface area contributed by atoms with Crippen LogP contribution < -0.4 is 0 Å². The third kappa shape index (κ3) is 3.19. The number of nitriles is 2. The molecule has 0 radical (unpaired) electrons. The van der Waals surface area contributed by atoms with Crippen molar-refractivity contribution in [1.29, 1.82) is 10.5 Å². The molecule has 0 fully saturated rings. The number of rotatable bonds is 3. The average molecular weight is 446 g/mol. The van der Waals surface area contributed by atoms with Gasteiger partial charge in [0.25, 0.3) is 0 Å². The molecule has 0 aliphatic rings. The van der Waals surface area contributed by atoms with Crippen molar-refractivity contribution >= 4 is 21.8 Å². The Labute approximate surface area is 203 Å². The van der Waals surface area contributed by atoms with E-state index in [1.807, 2.05) is 36.4 Å². The predicted molar refractivity (Wildman–Crippen MR) is 141 cm³/mol. The minimum absolute atomic E-state index is 0.490. The normalized spacial score (nSPS) is 10.8. The zero-order valence-electron chi connectivity index (χ0n) is 18.8. The van der Waals surface area contributed by atoms with Gasteiger partial charge < -0.3 is 4.57 Å². The Morgan fingerprint density at radius 1 is 0.543 bits per heavy atom. The maximum atomic E-state index is 9.92. The summed E-state index contributed by atoms with van der Waals surface area (Å²) in [6.45, 7) is 0. The zero-order valence-corrected chi connectivity index (χ0v) is 18.8. The molecule has 5 aromatic carbocycles. The highest BCUT2D eigenvalue weighted by atomic mass is 15.0. The average Bonchev–Trinajstić information content (AvgIpc) is 3.28. The van der Waals surface area contributed by atoms with Crippen molar-refractivity contribution in [1.82, 2.24) is 4.57 Å². The third-order valence-electron chi connectivity index (χ3n) is 6.49. The zero-order chi connectivity index (χ0) is 23.8. The number of hydrogen-bond acceptors (Lipinski definition) is 2. The first kappa shape index (κ1) is 20.5. The summed E-state index contributed by atoms with van der Waals surface area (Å²) in [5.74, 6) is 0. The van der Waals surface area contributed by atoms with E-state index in [4.69, 9.17) is 0 Å². The lowest BCUT2D eigenvalue weighted by molar-refractivity contribution is 1.18. The van der Waals surface area contributed by atoms with E-state index >= 15 is 0 Å². The molecule has 0 aliphatic carbocycles. The SMILES string of the molecule is N#Cc1cccc(C#N)c1-c1cccc2c3c(-c4ccccc4)cccc3n(-c3ccccc3)c12. The Morgan fingerprint density at radius 3 is 1.83 bits per heavy atom. The molecule has 0 spiro atoms. The highest BCUT2D eigenvalue weighted by molar-refractivity contribution is 6.19. The van der Waals surface area contributed by atoms with E-state index in [0.29, 0.717) is 16.7 Å². The fraction of sp³-hybridized carbons (Fsp3) is 0. The van der Waals surface area contributed by atoms with Crippen LogP contribution >= 0.6 is 0 Å². The quantitative estimate of drug-likeness (QED) is 0.278. The fourth-order valence-corrected chi connectivity index (χ4v) is 5.05. The number of benzene rings is 5. The van der Waals surface area contributed by atoms with Gasteiger partial charge in [-0.25, -0.2) is 0 Å². The lowest BCUT2D eigenvalue weighted by Crippen LogP contribution is -1.97. The predicted octanol–water partition coefficient (Wildman–Crippen LogP) is 7.86. The van der Waals surface area contributed by atoms with Crippen LogP contribution in [0.4, 0.5) is 0 Å². The molecule has 0 bridgehead atoms. The largest absolute Gasteiger partial charge is 0.309 e. The summed E-state index contributed by atoms with van der Waals surface area (Å²) in [6, 6.07) is 43.1. The van der Waals surface area contributed by atoms with Crippen LogP contribution in [0.2, 0.25) is 0 Å². The topological polar surface area (TPSA) is 52.5 Å². The highest BCUT2D eigenvalue weighted by Gasteiger charge is 2.21. The van der Waals surface area contributed by atoms with Crippen LogP contribution in [0, 0.1) is 22.7 Å². The Morgan fingerprint density at radius 2 is 1.14 bits per heavy atom. The van der Waals surface area contributed by atoms with E-state index in [-0.39, 0.29) is 0 Å². The molecule has 6 aromatic rings.